The molecule has 1 aliphatic rings. The number of hydrogen-bond acceptors (Lipinski definition) is 2. The van der Waals surface area contributed by atoms with Crippen molar-refractivity contribution >= 4 is 10.8 Å². The Morgan fingerprint density at radius 1 is 1.27 bits per heavy atom. The Labute approximate surface area is 96.5 Å². The van der Waals surface area contributed by atoms with Gasteiger partial charge in [0.1, 0.15) is 0 Å². The molecule has 4 unspecified atom stereocenters. The Morgan fingerprint density at radius 2 is 1.80 bits per heavy atom. The third-order valence-electron chi connectivity index (χ3n) is 3.36. The predicted octanol–water partition coefficient (Wildman–Crippen LogP) is 2.15. The summed E-state index contributed by atoms with van der Waals surface area (Å²) < 4.78 is 12.1. The van der Waals surface area contributed by atoms with E-state index >= 15 is 0 Å². The minimum absolute atomic E-state index is 0.401. The van der Waals surface area contributed by atoms with Crippen molar-refractivity contribution in [1.82, 2.24) is 0 Å². The van der Waals surface area contributed by atoms with E-state index in [0.29, 0.717) is 17.7 Å². The van der Waals surface area contributed by atoms with Gasteiger partial charge in [0.15, 0.2) is 0 Å². The van der Waals surface area contributed by atoms with Gasteiger partial charge in [-0.1, -0.05) is 20.8 Å². The minimum Gasteiger partial charge on any atom is -0.330 e. The molecule has 0 radical (unpaired) electrons. The second-order valence-electron chi connectivity index (χ2n) is 5.43. The predicted molar refractivity (Wildman–Crippen MR) is 67.2 cm³/mol. The molecule has 0 amide bonds. The van der Waals surface area contributed by atoms with Crippen molar-refractivity contribution in [1.29, 1.82) is 0 Å². The third-order valence-corrected chi connectivity index (χ3v) is 5.38. The average molecular weight is 231 g/mol. The van der Waals surface area contributed by atoms with E-state index in [-0.39, 0.29) is 0 Å². The molecule has 2 nitrogen and oxygen atoms in total. The Kier molecular flexibility index (Phi) is 5.27. The minimum atomic E-state index is -0.658. The molecule has 0 bridgehead atoms. The van der Waals surface area contributed by atoms with E-state index in [4.69, 9.17) is 5.73 Å². The van der Waals surface area contributed by atoms with Crippen LogP contribution in [0.4, 0.5) is 0 Å². The molecular formula is C12H25NOS. The molecule has 15 heavy (non-hydrogen) atoms. The number of rotatable bonds is 4. The van der Waals surface area contributed by atoms with Gasteiger partial charge < -0.3 is 5.73 Å². The zero-order valence-electron chi connectivity index (χ0n) is 10.2. The average Bonchev–Trinajstić information content (AvgIpc) is 2.16. The van der Waals surface area contributed by atoms with Crippen molar-refractivity contribution < 1.29 is 4.21 Å². The van der Waals surface area contributed by atoms with Crippen LogP contribution in [0, 0.1) is 17.8 Å². The molecule has 0 aliphatic heterocycles. The first-order valence-electron chi connectivity index (χ1n) is 6.10. The lowest BCUT2D eigenvalue weighted by molar-refractivity contribution is 0.305. The topological polar surface area (TPSA) is 43.1 Å². The van der Waals surface area contributed by atoms with E-state index < -0.39 is 10.8 Å². The smallest absolute Gasteiger partial charge is 0.0353 e. The van der Waals surface area contributed by atoms with Crippen LogP contribution in [0.3, 0.4) is 0 Å². The summed E-state index contributed by atoms with van der Waals surface area (Å²) in [5.41, 5.74) is 5.57. The van der Waals surface area contributed by atoms with Crippen LogP contribution >= 0.6 is 0 Å². The van der Waals surface area contributed by atoms with Crippen LogP contribution in [-0.4, -0.2) is 21.8 Å². The van der Waals surface area contributed by atoms with Crippen LogP contribution in [0.25, 0.3) is 0 Å². The standard InChI is InChI=1S/C12H25NOS/c1-9-4-10(2)6-12(5-9)15(14)8-11(3)7-13/h9-12H,4-8,13H2,1-3H3. The highest BCUT2D eigenvalue weighted by Gasteiger charge is 2.28. The number of nitrogens with two attached hydrogens (primary N) is 1. The first-order valence-corrected chi connectivity index (χ1v) is 7.48. The zero-order chi connectivity index (χ0) is 11.4. The molecule has 1 saturated carbocycles. The maximum Gasteiger partial charge on any atom is 0.0353 e. The monoisotopic (exact) mass is 231 g/mol. The summed E-state index contributed by atoms with van der Waals surface area (Å²) in [4.78, 5) is 0. The van der Waals surface area contributed by atoms with E-state index in [2.05, 4.69) is 20.8 Å². The normalized spacial score (nSPS) is 36.1. The van der Waals surface area contributed by atoms with Crippen molar-refractivity contribution in [3.05, 3.63) is 0 Å². The van der Waals surface area contributed by atoms with Crippen LogP contribution in [0.15, 0.2) is 0 Å². The second kappa shape index (κ2) is 6.00. The molecule has 0 aromatic heterocycles. The summed E-state index contributed by atoms with van der Waals surface area (Å²) >= 11 is 0. The van der Waals surface area contributed by atoms with Crippen LogP contribution in [0.1, 0.15) is 40.0 Å². The molecule has 0 heterocycles. The quantitative estimate of drug-likeness (QED) is 0.805. The Hall–Kier alpha value is 0.110. The van der Waals surface area contributed by atoms with E-state index in [9.17, 15) is 4.21 Å². The highest BCUT2D eigenvalue weighted by Crippen LogP contribution is 2.31. The van der Waals surface area contributed by atoms with Crippen molar-refractivity contribution in [3.8, 4) is 0 Å². The zero-order valence-corrected chi connectivity index (χ0v) is 11.1. The molecule has 0 aromatic rings. The Morgan fingerprint density at radius 3 is 2.27 bits per heavy atom. The molecular weight excluding hydrogens is 206 g/mol. The summed E-state index contributed by atoms with van der Waals surface area (Å²) in [5, 5.41) is 0.428. The molecule has 0 spiro atoms. The van der Waals surface area contributed by atoms with Gasteiger partial charge in [-0.2, -0.15) is 0 Å². The maximum absolute atomic E-state index is 12.1. The summed E-state index contributed by atoms with van der Waals surface area (Å²) in [6.07, 6.45) is 3.60. The van der Waals surface area contributed by atoms with Gasteiger partial charge in [-0.25, -0.2) is 0 Å². The van der Waals surface area contributed by atoms with Gasteiger partial charge >= 0.3 is 0 Å². The van der Waals surface area contributed by atoms with Gasteiger partial charge in [0, 0.05) is 21.8 Å². The molecule has 1 rings (SSSR count). The molecule has 90 valence electrons. The fraction of sp³-hybridized carbons (Fsp3) is 1.00. The largest absolute Gasteiger partial charge is 0.330 e. The Balaban J connectivity index is 2.44. The van der Waals surface area contributed by atoms with Crippen molar-refractivity contribution in [2.45, 2.75) is 45.3 Å². The van der Waals surface area contributed by atoms with Gasteiger partial charge in [0.25, 0.3) is 0 Å². The van der Waals surface area contributed by atoms with Gasteiger partial charge in [-0.05, 0) is 43.6 Å². The van der Waals surface area contributed by atoms with Crippen molar-refractivity contribution in [2.24, 2.45) is 23.5 Å². The van der Waals surface area contributed by atoms with Gasteiger partial charge in [-0.15, -0.1) is 0 Å². The molecule has 1 aliphatic carbocycles. The highest BCUT2D eigenvalue weighted by molar-refractivity contribution is 7.85. The van der Waals surface area contributed by atoms with Crippen molar-refractivity contribution in [3.63, 3.8) is 0 Å². The maximum atomic E-state index is 12.1. The Bertz CT molecular complexity index is 210. The van der Waals surface area contributed by atoms with Crippen LogP contribution in [0.2, 0.25) is 0 Å². The molecule has 1 fully saturated rings. The highest BCUT2D eigenvalue weighted by atomic mass is 32.2. The SMILES string of the molecule is CC1CC(C)CC(S(=O)CC(C)CN)C1. The lowest BCUT2D eigenvalue weighted by Crippen LogP contribution is -2.31. The second-order valence-corrected chi connectivity index (χ2v) is 7.19. The first kappa shape index (κ1) is 13.2. The summed E-state index contributed by atoms with van der Waals surface area (Å²) in [6, 6.07) is 0. The van der Waals surface area contributed by atoms with Gasteiger partial charge in [-0.3, -0.25) is 4.21 Å². The lowest BCUT2D eigenvalue weighted by Gasteiger charge is -2.31. The van der Waals surface area contributed by atoms with Gasteiger partial charge in [0.05, 0.1) is 0 Å². The van der Waals surface area contributed by atoms with Crippen LogP contribution in [-0.2, 0) is 10.8 Å². The van der Waals surface area contributed by atoms with E-state index in [1.807, 2.05) is 0 Å². The molecule has 0 aromatic carbocycles. The van der Waals surface area contributed by atoms with E-state index in [1.54, 1.807) is 0 Å². The fourth-order valence-electron chi connectivity index (χ4n) is 2.57. The molecule has 0 saturated heterocycles. The molecule has 2 N–H and O–H groups in total. The van der Waals surface area contributed by atoms with Crippen LogP contribution < -0.4 is 5.73 Å². The number of hydrogen-bond donors (Lipinski definition) is 1. The van der Waals surface area contributed by atoms with E-state index in [0.717, 1.165) is 30.4 Å². The molecule has 4 atom stereocenters. The fourth-order valence-corrected chi connectivity index (χ4v) is 4.63. The van der Waals surface area contributed by atoms with Crippen LogP contribution in [0.5, 0.6) is 0 Å². The first-order chi connectivity index (χ1) is 7.02. The summed E-state index contributed by atoms with van der Waals surface area (Å²) in [7, 11) is -0.658. The summed E-state index contributed by atoms with van der Waals surface area (Å²) in [6.45, 7) is 7.32. The van der Waals surface area contributed by atoms with E-state index in [1.165, 1.54) is 6.42 Å². The summed E-state index contributed by atoms with van der Waals surface area (Å²) in [5.74, 6) is 2.69. The lowest BCUT2D eigenvalue weighted by atomic mass is 9.83. The van der Waals surface area contributed by atoms with Crippen molar-refractivity contribution in [2.75, 3.05) is 12.3 Å². The molecule has 3 heteroatoms. The van der Waals surface area contributed by atoms with Gasteiger partial charge in [0.2, 0.25) is 0 Å². The third kappa shape index (κ3) is 4.23.